The van der Waals surface area contributed by atoms with E-state index in [0.717, 1.165) is 11.1 Å². The molecule has 9 heteroatoms. The molecule has 1 heterocycles. The van der Waals surface area contributed by atoms with Gasteiger partial charge in [-0.3, -0.25) is 9.59 Å². The number of aromatic nitrogens is 2. The predicted octanol–water partition coefficient (Wildman–Crippen LogP) is 7.18. The number of fused-ring (bicyclic) bond motifs is 1. The summed E-state index contributed by atoms with van der Waals surface area (Å²) in [5.74, 6) is -0.400. The van der Waals surface area contributed by atoms with Crippen LogP contribution in [0.2, 0.25) is 10.0 Å². The summed E-state index contributed by atoms with van der Waals surface area (Å²) in [5, 5.41) is 6.28. The molecule has 3 N–H and O–H groups in total. The Hall–Kier alpha value is -4.20. The number of nitrogens with zero attached hydrogens (tertiary/aromatic N) is 1. The van der Waals surface area contributed by atoms with Crippen LogP contribution in [0.3, 0.4) is 0 Å². The van der Waals surface area contributed by atoms with E-state index in [1.807, 2.05) is 0 Å². The molecule has 0 spiro atoms. The fourth-order valence-electron chi connectivity index (χ4n) is 3.58. The Morgan fingerprint density at radius 3 is 2.08 bits per heavy atom. The first-order chi connectivity index (χ1) is 17.4. The molecule has 0 aliphatic carbocycles. The number of amides is 2. The lowest BCUT2D eigenvalue weighted by atomic mass is 10.1. The Bertz CT molecular complexity index is 1600. The minimum atomic E-state index is -0.376. The zero-order valence-electron chi connectivity index (χ0n) is 18.5. The number of hydrogen-bond acceptors (Lipinski definition) is 3. The van der Waals surface area contributed by atoms with Crippen molar-refractivity contribution in [1.82, 2.24) is 9.97 Å². The van der Waals surface area contributed by atoms with Crippen molar-refractivity contribution in [3.05, 3.63) is 112 Å². The molecule has 5 rings (SSSR count). The molecule has 0 atom stereocenters. The maximum atomic E-state index is 13.1. The number of benzene rings is 4. The van der Waals surface area contributed by atoms with E-state index in [9.17, 15) is 14.0 Å². The third kappa shape index (κ3) is 5.07. The lowest BCUT2D eigenvalue weighted by Crippen LogP contribution is -2.11. The van der Waals surface area contributed by atoms with E-state index in [-0.39, 0.29) is 17.6 Å². The maximum absolute atomic E-state index is 13.1. The molecule has 2 amide bonds. The van der Waals surface area contributed by atoms with Gasteiger partial charge in [0.25, 0.3) is 11.8 Å². The van der Waals surface area contributed by atoms with Gasteiger partial charge in [-0.25, -0.2) is 9.37 Å². The molecule has 0 unspecified atom stereocenters. The Balaban J connectivity index is 1.31. The number of halogens is 3. The smallest absolute Gasteiger partial charge is 0.255 e. The van der Waals surface area contributed by atoms with Gasteiger partial charge in [0.15, 0.2) is 0 Å². The molecule has 178 valence electrons. The maximum Gasteiger partial charge on any atom is 0.255 e. The number of carbonyl (C=O) groups is 2. The second-order valence-corrected chi connectivity index (χ2v) is 8.75. The van der Waals surface area contributed by atoms with Crippen molar-refractivity contribution in [2.24, 2.45) is 0 Å². The number of hydrogen-bond donors (Lipinski definition) is 3. The van der Waals surface area contributed by atoms with Crippen LogP contribution in [0.4, 0.5) is 15.8 Å². The number of anilines is 2. The normalized spacial score (nSPS) is 10.9. The number of nitrogens with one attached hydrogen (secondary N) is 3. The highest BCUT2D eigenvalue weighted by molar-refractivity contribution is 6.42. The summed E-state index contributed by atoms with van der Waals surface area (Å²) >= 11 is 11.9. The number of carbonyl (C=O) groups excluding carboxylic acids is 2. The highest BCUT2D eigenvalue weighted by Gasteiger charge is 2.12. The SMILES string of the molecule is O=C(Nc1ccc(Cl)c(Cl)c1)c1ccc(-c2nc3cc(C(=O)Nc4ccc(F)cc4)ccc3[nH]2)cc1. The summed E-state index contributed by atoms with van der Waals surface area (Å²) in [6.07, 6.45) is 0. The van der Waals surface area contributed by atoms with E-state index in [0.29, 0.717) is 43.9 Å². The van der Waals surface area contributed by atoms with Gasteiger partial charge in [0.2, 0.25) is 0 Å². The summed E-state index contributed by atoms with van der Waals surface area (Å²) in [6.45, 7) is 0. The van der Waals surface area contributed by atoms with Gasteiger partial charge >= 0.3 is 0 Å². The van der Waals surface area contributed by atoms with Gasteiger partial charge in [-0.1, -0.05) is 35.3 Å². The van der Waals surface area contributed by atoms with Gasteiger partial charge in [0.05, 0.1) is 21.1 Å². The standard InChI is InChI=1S/C27H17Cl2FN4O2/c28-21-11-10-20(14-22(21)29)32-26(35)16-3-1-15(2-4-16)25-33-23-12-5-17(13-24(23)34-25)27(36)31-19-8-6-18(30)7-9-19/h1-14H,(H,31,36)(H,32,35)(H,33,34). The minimum absolute atomic E-state index is 0.290. The highest BCUT2D eigenvalue weighted by Crippen LogP contribution is 2.26. The van der Waals surface area contributed by atoms with Crippen molar-refractivity contribution in [2.75, 3.05) is 10.6 Å². The van der Waals surface area contributed by atoms with Crippen LogP contribution in [0.15, 0.2) is 84.9 Å². The Labute approximate surface area is 215 Å². The fourth-order valence-corrected chi connectivity index (χ4v) is 3.87. The van der Waals surface area contributed by atoms with Crippen molar-refractivity contribution in [3.8, 4) is 11.4 Å². The van der Waals surface area contributed by atoms with Crippen molar-refractivity contribution < 1.29 is 14.0 Å². The van der Waals surface area contributed by atoms with E-state index in [1.165, 1.54) is 24.3 Å². The molecule has 0 saturated heterocycles. The van der Waals surface area contributed by atoms with Gasteiger partial charge in [-0.05, 0) is 72.8 Å². The van der Waals surface area contributed by atoms with Gasteiger partial charge in [-0.15, -0.1) is 0 Å². The first-order valence-corrected chi connectivity index (χ1v) is 11.5. The molecule has 0 fully saturated rings. The molecule has 0 radical (unpaired) electrons. The van der Waals surface area contributed by atoms with E-state index >= 15 is 0 Å². The number of imidazole rings is 1. The van der Waals surface area contributed by atoms with Crippen LogP contribution in [-0.2, 0) is 0 Å². The summed E-state index contributed by atoms with van der Waals surface area (Å²) in [7, 11) is 0. The van der Waals surface area contributed by atoms with Crippen LogP contribution in [0.5, 0.6) is 0 Å². The quantitative estimate of drug-likeness (QED) is 0.230. The summed E-state index contributed by atoms with van der Waals surface area (Å²) in [6, 6.07) is 22.5. The molecule has 0 saturated carbocycles. The molecule has 0 aliphatic rings. The Morgan fingerprint density at radius 1 is 0.722 bits per heavy atom. The van der Waals surface area contributed by atoms with E-state index in [4.69, 9.17) is 23.2 Å². The van der Waals surface area contributed by atoms with Gasteiger partial charge in [0.1, 0.15) is 11.6 Å². The molecule has 1 aromatic heterocycles. The number of rotatable bonds is 5. The zero-order chi connectivity index (χ0) is 25.2. The molecule has 6 nitrogen and oxygen atoms in total. The summed E-state index contributed by atoms with van der Waals surface area (Å²) in [4.78, 5) is 33.0. The first kappa shape index (κ1) is 23.5. The monoisotopic (exact) mass is 518 g/mol. The second-order valence-electron chi connectivity index (χ2n) is 7.94. The van der Waals surface area contributed by atoms with Crippen LogP contribution >= 0.6 is 23.2 Å². The van der Waals surface area contributed by atoms with Gasteiger partial charge < -0.3 is 15.6 Å². The van der Waals surface area contributed by atoms with Crippen molar-refractivity contribution in [1.29, 1.82) is 0 Å². The molecular weight excluding hydrogens is 502 g/mol. The first-order valence-electron chi connectivity index (χ1n) is 10.8. The Morgan fingerprint density at radius 2 is 1.36 bits per heavy atom. The van der Waals surface area contributed by atoms with Gasteiger partial charge in [-0.2, -0.15) is 0 Å². The van der Waals surface area contributed by atoms with Gasteiger partial charge in [0, 0.05) is 28.1 Å². The molecule has 5 aromatic rings. The molecule has 36 heavy (non-hydrogen) atoms. The topological polar surface area (TPSA) is 86.9 Å². The summed E-state index contributed by atoms with van der Waals surface area (Å²) in [5.41, 5.74) is 4.04. The number of H-pyrrole nitrogens is 1. The van der Waals surface area contributed by atoms with E-state index in [1.54, 1.807) is 60.7 Å². The van der Waals surface area contributed by atoms with Crippen LogP contribution in [0.25, 0.3) is 22.4 Å². The van der Waals surface area contributed by atoms with Crippen LogP contribution in [0, 0.1) is 5.82 Å². The van der Waals surface area contributed by atoms with Crippen molar-refractivity contribution in [2.45, 2.75) is 0 Å². The van der Waals surface area contributed by atoms with Crippen LogP contribution in [-0.4, -0.2) is 21.8 Å². The highest BCUT2D eigenvalue weighted by atomic mass is 35.5. The van der Waals surface area contributed by atoms with Crippen molar-refractivity contribution >= 4 is 57.4 Å². The molecule has 0 bridgehead atoms. The molecule has 0 aliphatic heterocycles. The fraction of sp³-hybridized carbons (Fsp3) is 0. The van der Waals surface area contributed by atoms with E-state index in [2.05, 4.69) is 20.6 Å². The average molecular weight is 519 g/mol. The third-order valence-electron chi connectivity index (χ3n) is 5.45. The second kappa shape index (κ2) is 9.81. The van der Waals surface area contributed by atoms with E-state index < -0.39 is 0 Å². The number of aromatic amines is 1. The lowest BCUT2D eigenvalue weighted by molar-refractivity contribution is 0.101. The van der Waals surface area contributed by atoms with Crippen molar-refractivity contribution in [3.63, 3.8) is 0 Å². The minimum Gasteiger partial charge on any atom is -0.338 e. The molecular formula is C27H17Cl2FN4O2. The molecule has 4 aromatic carbocycles. The Kier molecular flexibility index (Phi) is 6.41. The zero-order valence-corrected chi connectivity index (χ0v) is 20.0. The average Bonchev–Trinajstić information content (AvgIpc) is 3.31. The largest absolute Gasteiger partial charge is 0.338 e. The summed E-state index contributed by atoms with van der Waals surface area (Å²) < 4.78 is 13.1. The third-order valence-corrected chi connectivity index (χ3v) is 6.18. The van der Waals surface area contributed by atoms with Crippen LogP contribution in [0.1, 0.15) is 20.7 Å². The predicted molar refractivity (Wildman–Crippen MR) is 140 cm³/mol. The van der Waals surface area contributed by atoms with Crippen LogP contribution < -0.4 is 10.6 Å². The lowest BCUT2D eigenvalue weighted by Gasteiger charge is -2.07.